The predicted octanol–water partition coefficient (Wildman–Crippen LogP) is 2.80. The fraction of sp³-hybridized carbons (Fsp3) is 0.478. The maximum atomic E-state index is 13.6. The number of benzene rings is 1. The molecule has 6 heteroatoms. The van der Waals surface area contributed by atoms with E-state index in [-0.39, 0.29) is 11.9 Å². The maximum Gasteiger partial charge on any atom is 0.259 e. The van der Waals surface area contributed by atoms with Crippen LogP contribution < -0.4 is 9.47 Å². The average Bonchev–Trinajstić information content (AvgIpc) is 3.22. The molecule has 4 saturated heterocycles. The summed E-state index contributed by atoms with van der Waals surface area (Å²) in [5.41, 5.74) is 1.84. The molecule has 152 valence electrons. The van der Waals surface area contributed by atoms with Crippen molar-refractivity contribution in [2.24, 2.45) is 5.92 Å². The highest BCUT2D eigenvalue weighted by atomic mass is 16.5. The van der Waals surface area contributed by atoms with Gasteiger partial charge in [0.2, 0.25) is 5.88 Å². The molecule has 6 rings (SSSR count). The van der Waals surface area contributed by atoms with Gasteiger partial charge in [0.05, 0.1) is 20.3 Å². The first kappa shape index (κ1) is 18.4. The molecule has 4 fully saturated rings. The van der Waals surface area contributed by atoms with Crippen LogP contribution >= 0.6 is 0 Å². The minimum atomic E-state index is 0.0368. The van der Waals surface area contributed by atoms with Crippen molar-refractivity contribution in [3.8, 4) is 11.6 Å². The van der Waals surface area contributed by atoms with Crippen LogP contribution in [0.3, 0.4) is 0 Å². The Kier molecular flexibility index (Phi) is 4.66. The van der Waals surface area contributed by atoms with Crippen LogP contribution in [0.2, 0.25) is 0 Å². The number of likely N-dealkylation sites (tertiary alicyclic amines) is 1. The molecule has 1 aromatic heterocycles. The molecule has 1 aromatic carbocycles. The lowest BCUT2D eigenvalue weighted by Crippen LogP contribution is -2.60. The third kappa shape index (κ3) is 2.97. The number of carbonyl (C=O) groups is 1. The number of ether oxygens (including phenoxy) is 2. The van der Waals surface area contributed by atoms with Crippen LogP contribution in [0.4, 0.5) is 0 Å². The van der Waals surface area contributed by atoms with Gasteiger partial charge in [-0.2, -0.15) is 0 Å². The van der Waals surface area contributed by atoms with E-state index in [0.29, 0.717) is 29.3 Å². The van der Waals surface area contributed by atoms with Gasteiger partial charge in [0.15, 0.2) is 0 Å². The lowest BCUT2D eigenvalue weighted by atomic mass is 9.75. The summed E-state index contributed by atoms with van der Waals surface area (Å²) >= 11 is 0. The van der Waals surface area contributed by atoms with E-state index in [1.54, 1.807) is 26.5 Å². The molecule has 4 aliphatic rings. The van der Waals surface area contributed by atoms with Crippen molar-refractivity contribution < 1.29 is 14.3 Å². The minimum Gasteiger partial charge on any atom is -0.497 e. The second-order valence-electron chi connectivity index (χ2n) is 8.25. The zero-order valence-corrected chi connectivity index (χ0v) is 17.0. The van der Waals surface area contributed by atoms with Gasteiger partial charge in [0.1, 0.15) is 11.3 Å². The second kappa shape index (κ2) is 7.34. The Balaban J connectivity index is 1.51. The van der Waals surface area contributed by atoms with E-state index in [1.807, 2.05) is 18.2 Å². The summed E-state index contributed by atoms with van der Waals surface area (Å²) < 4.78 is 10.7. The van der Waals surface area contributed by atoms with Crippen LogP contribution in [0.15, 0.2) is 42.6 Å². The van der Waals surface area contributed by atoms with Crippen LogP contribution in [0.25, 0.3) is 0 Å². The van der Waals surface area contributed by atoms with Gasteiger partial charge >= 0.3 is 0 Å². The quantitative estimate of drug-likeness (QED) is 0.800. The maximum absolute atomic E-state index is 13.6. The third-order valence-electron chi connectivity index (χ3n) is 6.99. The van der Waals surface area contributed by atoms with Crippen molar-refractivity contribution in [3.05, 3.63) is 53.7 Å². The summed E-state index contributed by atoms with van der Waals surface area (Å²) in [4.78, 5) is 22.6. The largest absolute Gasteiger partial charge is 0.497 e. The van der Waals surface area contributed by atoms with Crippen LogP contribution in [0, 0.1) is 5.92 Å². The molecule has 4 aliphatic heterocycles. The summed E-state index contributed by atoms with van der Waals surface area (Å²) in [5.74, 6) is 2.18. The van der Waals surface area contributed by atoms with Gasteiger partial charge in [0.25, 0.3) is 5.91 Å². The molecule has 29 heavy (non-hydrogen) atoms. The number of methoxy groups -OCH3 is 2. The Morgan fingerprint density at radius 2 is 1.79 bits per heavy atom. The third-order valence-corrected chi connectivity index (χ3v) is 6.99. The molecule has 0 N–H and O–H groups in total. The van der Waals surface area contributed by atoms with E-state index in [9.17, 15) is 4.79 Å². The molecule has 0 aliphatic carbocycles. The molecule has 2 bridgehead atoms. The van der Waals surface area contributed by atoms with Crippen LogP contribution in [-0.4, -0.2) is 66.6 Å². The van der Waals surface area contributed by atoms with E-state index in [2.05, 4.69) is 26.9 Å². The normalized spacial score (nSPS) is 30.1. The number of amides is 1. The van der Waals surface area contributed by atoms with Gasteiger partial charge in [-0.25, -0.2) is 4.98 Å². The highest BCUT2D eigenvalue weighted by molar-refractivity contribution is 5.97. The Labute approximate surface area is 171 Å². The number of aromatic nitrogens is 1. The summed E-state index contributed by atoms with van der Waals surface area (Å²) in [6.07, 6.45) is 4.01. The minimum absolute atomic E-state index is 0.0368. The average molecular weight is 393 g/mol. The number of pyridine rings is 1. The first-order valence-electron chi connectivity index (χ1n) is 10.4. The van der Waals surface area contributed by atoms with Gasteiger partial charge in [-0.05, 0) is 61.7 Å². The Hall–Kier alpha value is -2.60. The van der Waals surface area contributed by atoms with Gasteiger partial charge in [-0.1, -0.05) is 12.1 Å². The Morgan fingerprint density at radius 1 is 1.03 bits per heavy atom. The number of hydrogen-bond donors (Lipinski definition) is 0. The molecule has 2 aromatic rings. The van der Waals surface area contributed by atoms with Crippen molar-refractivity contribution >= 4 is 5.91 Å². The van der Waals surface area contributed by atoms with Crippen molar-refractivity contribution in [2.75, 3.05) is 33.9 Å². The first-order chi connectivity index (χ1) is 14.2. The van der Waals surface area contributed by atoms with Crippen molar-refractivity contribution in [1.82, 2.24) is 14.8 Å². The number of hydrogen-bond acceptors (Lipinski definition) is 5. The zero-order valence-electron chi connectivity index (χ0n) is 17.0. The lowest BCUT2D eigenvalue weighted by Gasteiger charge is -2.51. The van der Waals surface area contributed by atoms with E-state index in [1.165, 1.54) is 18.4 Å². The van der Waals surface area contributed by atoms with Crippen LogP contribution in [0.5, 0.6) is 11.6 Å². The summed E-state index contributed by atoms with van der Waals surface area (Å²) in [6, 6.07) is 12.6. The highest BCUT2D eigenvalue weighted by Crippen LogP contribution is 2.47. The lowest BCUT2D eigenvalue weighted by molar-refractivity contribution is -0.00351. The van der Waals surface area contributed by atoms with Crippen LogP contribution in [-0.2, 0) is 0 Å². The number of fused-ring (bicyclic) bond motifs is 2. The highest BCUT2D eigenvalue weighted by Gasteiger charge is 2.54. The summed E-state index contributed by atoms with van der Waals surface area (Å²) in [7, 11) is 3.26. The fourth-order valence-corrected chi connectivity index (χ4v) is 5.67. The predicted molar refractivity (Wildman–Crippen MR) is 109 cm³/mol. The zero-order chi connectivity index (χ0) is 20.0. The first-order valence-corrected chi connectivity index (χ1v) is 10.4. The van der Waals surface area contributed by atoms with Gasteiger partial charge in [-0.3, -0.25) is 9.69 Å². The summed E-state index contributed by atoms with van der Waals surface area (Å²) in [6.45, 7) is 3.00. The van der Waals surface area contributed by atoms with E-state index in [0.717, 1.165) is 25.4 Å². The molecule has 0 radical (unpaired) electrons. The molecular weight excluding hydrogens is 366 g/mol. The molecule has 6 nitrogen and oxygen atoms in total. The molecular formula is C23H27N3O3. The number of piperidine rings is 3. The van der Waals surface area contributed by atoms with Gasteiger partial charge < -0.3 is 14.4 Å². The van der Waals surface area contributed by atoms with Crippen LogP contribution in [0.1, 0.15) is 34.7 Å². The van der Waals surface area contributed by atoms with Crippen molar-refractivity contribution in [2.45, 2.75) is 30.8 Å². The number of carbonyl (C=O) groups excluding carboxylic acids is 1. The molecule has 3 atom stereocenters. The van der Waals surface area contributed by atoms with Crippen molar-refractivity contribution in [1.29, 1.82) is 0 Å². The Morgan fingerprint density at radius 3 is 2.48 bits per heavy atom. The van der Waals surface area contributed by atoms with E-state index < -0.39 is 0 Å². The van der Waals surface area contributed by atoms with Gasteiger partial charge in [-0.15, -0.1) is 0 Å². The van der Waals surface area contributed by atoms with E-state index >= 15 is 0 Å². The number of rotatable bonds is 4. The molecule has 0 unspecified atom stereocenters. The molecule has 0 saturated carbocycles. The molecule has 5 heterocycles. The molecule has 1 amide bonds. The smallest absolute Gasteiger partial charge is 0.259 e. The number of nitrogens with zero attached hydrogens (tertiary/aromatic N) is 3. The Bertz CT molecular complexity index is 892. The standard InChI is InChI=1S/C23H27N3O3/c1-28-17-7-5-15(6-8-17)19-14-26(20-16-9-12-25(13-10-16)21(19)20)23(27)18-4-3-11-24-22(18)29-2/h3-8,11,16,19-21H,9-10,12-14H2,1-2H3/t19-,20+,21+/m1/s1. The monoisotopic (exact) mass is 393 g/mol. The summed E-state index contributed by atoms with van der Waals surface area (Å²) in [5, 5.41) is 0. The molecule has 0 spiro atoms. The van der Waals surface area contributed by atoms with Crippen molar-refractivity contribution in [3.63, 3.8) is 0 Å². The second-order valence-corrected chi connectivity index (χ2v) is 8.25. The van der Waals surface area contributed by atoms with Gasteiger partial charge in [0, 0.05) is 24.7 Å². The fourth-order valence-electron chi connectivity index (χ4n) is 5.67. The SMILES string of the molecule is COc1ccc([C@H]2CN(C(=O)c3cccnc3OC)[C@H]3C4CCN(CC4)[C@@H]23)cc1. The topological polar surface area (TPSA) is 54.9 Å². The van der Waals surface area contributed by atoms with E-state index in [4.69, 9.17) is 9.47 Å².